The summed E-state index contributed by atoms with van der Waals surface area (Å²) >= 11 is 0. The van der Waals surface area contributed by atoms with Gasteiger partial charge < -0.3 is 20.6 Å². The molecule has 54 heavy (non-hydrogen) atoms. The van der Waals surface area contributed by atoms with Crippen molar-refractivity contribution in [3.05, 3.63) is 36.5 Å². The quantitative estimate of drug-likeness (QED) is 0.0368. The van der Waals surface area contributed by atoms with Gasteiger partial charge in [0.2, 0.25) is 5.91 Å². The van der Waals surface area contributed by atoms with Crippen LogP contribution < -0.4 is 5.32 Å². The number of amides is 1. The first-order valence-electron chi connectivity index (χ1n) is 23.8. The van der Waals surface area contributed by atoms with Crippen molar-refractivity contribution >= 4 is 5.91 Å². The molecule has 0 aromatic rings. The van der Waals surface area contributed by atoms with E-state index in [9.17, 15) is 20.1 Å². The summed E-state index contributed by atoms with van der Waals surface area (Å²) in [6, 6.07) is -0.816. The van der Waals surface area contributed by atoms with Crippen LogP contribution in [0.15, 0.2) is 36.5 Å². The summed E-state index contributed by atoms with van der Waals surface area (Å²) in [7, 11) is 0. The fraction of sp³-hybridized carbons (Fsp3) is 0.857. The molecule has 5 nitrogen and oxygen atoms in total. The number of hydrogen-bond acceptors (Lipinski definition) is 4. The van der Waals surface area contributed by atoms with E-state index in [0.717, 1.165) is 38.5 Å². The predicted octanol–water partition coefficient (Wildman–Crippen LogP) is 13.9. The van der Waals surface area contributed by atoms with Crippen LogP contribution in [0, 0.1) is 0 Å². The molecule has 4 N–H and O–H groups in total. The fourth-order valence-corrected chi connectivity index (χ4v) is 7.20. The van der Waals surface area contributed by atoms with Gasteiger partial charge in [0.1, 0.15) is 6.10 Å². The number of hydrogen-bond donors (Lipinski definition) is 4. The Hall–Kier alpha value is -1.43. The van der Waals surface area contributed by atoms with Crippen LogP contribution in [0.25, 0.3) is 0 Å². The van der Waals surface area contributed by atoms with Gasteiger partial charge in [-0.1, -0.05) is 224 Å². The molecule has 0 saturated heterocycles. The van der Waals surface area contributed by atoms with Crippen LogP contribution in [0.1, 0.15) is 245 Å². The first-order valence-corrected chi connectivity index (χ1v) is 23.8. The zero-order valence-corrected chi connectivity index (χ0v) is 36.1. The molecule has 0 aromatic heterocycles. The smallest absolute Gasteiger partial charge is 0.249 e. The highest BCUT2D eigenvalue weighted by Gasteiger charge is 2.22. The Bertz CT molecular complexity index is 840. The minimum Gasteiger partial charge on any atom is -0.394 e. The first kappa shape index (κ1) is 52.6. The van der Waals surface area contributed by atoms with Gasteiger partial charge in [-0.3, -0.25) is 4.79 Å². The minimum atomic E-state index is -1.11. The second-order valence-corrected chi connectivity index (χ2v) is 16.3. The normalized spacial score (nSPS) is 13.8. The van der Waals surface area contributed by atoms with Gasteiger partial charge in [0.05, 0.1) is 18.8 Å². The predicted molar refractivity (Wildman–Crippen MR) is 236 cm³/mol. The number of allylic oxidation sites excluding steroid dienone is 5. The highest BCUT2D eigenvalue weighted by molar-refractivity contribution is 5.80. The Kier molecular flexibility index (Phi) is 43.1. The minimum absolute atomic E-state index is 0.377. The number of rotatable bonds is 43. The molecule has 0 fully saturated rings. The average molecular weight is 760 g/mol. The van der Waals surface area contributed by atoms with E-state index in [1.54, 1.807) is 6.08 Å². The molecule has 0 aliphatic carbocycles. The lowest BCUT2D eigenvalue weighted by molar-refractivity contribution is -0.131. The lowest BCUT2D eigenvalue weighted by atomic mass is 10.0. The van der Waals surface area contributed by atoms with E-state index in [2.05, 4.69) is 43.5 Å². The molecular weight excluding hydrogens is 667 g/mol. The van der Waals surface area contributed by atoms with E-state index < -0.39 is 24.2 Å². The van der Waals surface area contributed by atoms with Gasteiger partial charge in [0.15, 0.2) is 0 Å². The molecule has 318 valence electrons. The van der Waals surface area contributed by atoms with Gasteiger partial charge >= 0.3 is 0 Å². The molecule has 0 aliphatic rings. The highest BCUT2D eigenvalue weighted by Crippen LogP contribution is 2.15. The Morgan fingerprint density at radius 3 is 1.13 bits per heavy atom. The van der Waals surface area contributed by atoms with Crippen LogP contribution in [0.2, 0.25) is 0 Å². The first-order chi connectivity index (χ1) is 26.6. The number of nitrogens with one attached hydrogen (secondary N) is 1. The van der Waals surface area contributed by atoms with Gasteiger partial charge in [-0.25, -0.2) is 0 Å². The zero-order valence-electron chi connectivity index (χ0n) is 36.1. The van der Waals surface area contributed by atoms with E-state index in [1.165, 1.54) is 186 Å². The number of aliphatic hydroxyl groups excluding tert-OH is 3. The molecule has 5 heteroatoms. The molecule has 0 saturated carbocycles. The van der Waals surface area contributed by atoms with Crippen molar-refractivity contribution in [1.29, 1.82) is 0 Å². The van der Waals surface area contributed by atoms with Crippen LogP contribution in [0.3, 0.4) is 0 Å². The molecule has 3 atom stereocenters. The second kappa shape index (κ2) is 44.3. The summed E-state index contributed by atoms with van der Waals surface area (Å²) in [5.74, 6) is -0.516. The van der Waals surface area contributed by atoms with Crippen molar-refractivity contribution in [2.24, 2.45) is 0 Å². The fourth-order valence-electron chi connectivity index (χ4n) is 7.20. The molecule has 0 aromatic carbocycles. The Labute approximate surface area is 336 Å². The molecule has 3 unspecified atom stereocenters. The molecular formula is C49H93NO4. The lowest BCUT2D eigenvalue weighted by Crippen LogP contribution is -2.48. The van der Waals surface area contributed by atoms with Crippen LogP contribution in [-0.2, 0) is 4.79 Å². The number of unbranched alkanes of at least 4 members (excludes halogenated alkanes) is 31. The Morgan fingerprint density at radius 1 is 0.444 bits per heavy atom. The van der Waals surface area contributed by atoms with Crippen molar-refractivity contribution in [3.63, 3.8) is 0 Å². The monoisotopic (exact) mass is 760 g/mol. The van der Waals surface area contributed by atoms with E-state index in [1.807, 2.05) is 6.08 Å². The maximum atomic E-state index is 12.5. The summed E-state index contributed by atoms with van der Waals surface area (Å²) in [5, 5.41) is 33.2. The Balaban J connectivity index is 3.69. The molecule has 0 aliphatic heterocycles. The van der Waals surface area contributed by atoms with Crippen LogP contribution in [-0.4, -0.2) is 46.1 Å². The van der Waals surface area contributed by atoms with Gasteiger partial charge in [-0.05, 0) is 57.8 Å². The van der Waals surface area contributed by atoms with Crippen molar-refractivity contribution in [1.82, 2.24) is 5.32 Å². The van der Waals surface area contributed by atoms with Gasteiger partial charge in [0, 0.05) is 0 Å². The van der Waals surface area contributed by atoms with Gasteiger partial charge in [0.25, 0.3) is 0 Å². The van der Waals surface area contributed by atoms with Crippen molar-refractivity contribution in [2.75, 3.05) is 6.61 Å². The number of carbonyl (C=O) groups is 1. The van der Waals surface area contributed by atoms with E-state index >= 15 is 0 Å². The topological polar surface area (TPSA) is 89.8 Å². The summed E-state index contributed by atoms with van der Waals surface area (Å²) < 4.78 is 0. The van der Waals surface area contributed by atoms with Crippen LogP contribution in [0.4, 0.5) is 0 Å². The summed E-state index contributed by atoms with van der Waals surface area (Å²) in [4.78, 5) is 12.5. The van der Waals surface area contributed by atoms with E-state index in [-0.39, 0.29) is 6.61 Å². The third-order valence-electron chi connectivity index (χ3n) is 11.0. The molecule has 1 amide bonds. The molecule has 0 heterocycles. The van der Waals surface area contributed by atoms with E-state index in [0.29, 0.717) is 6.42 Å². The molecule has 0 spiro atoms. The second-order valence-electron chi connectivity index (χ2n) is 16.3. The van der Waals surface area contributed by atoms with Crippen LogP contribution >= 0.6 is 0 Å². The SMILES string of the molecule is CCCCCCCCCCCCC/C=C\CCCCCCCCC(O)C(=O)NC(CO)C(O)/C=C/CC/C=C/CCCCCCCCCCCCCCC. The maximum Gasteiger partial charge on any atom is 0.249 e. The average Bonchev–Trinajstić information content (AvgIpc) is 3.18. The summed E-state index contributed by atoms with van der Waals surface area (Å²) in [6.07, 6.45) is 56.2. The van der Waals surface area contributed by atoms with Crippen molar-refractivity contribution in [3.8, 4) is 0 Å². The van der Waals surface area contributed by atoms with Crippen molar-refractivity contribution < 1.29 is 20.1 Å². The standard InChI is InChI=1S/C49H93NO4/c1-3-5-7-9-11-13-15-17-19-21-23-24-26-28-30-32-34-36-38-40-42-44-48(53)49(54)50-46(45-51)47(52)43-41-39-37-35-33-31-29-27-25-22-20-18-16-14-12-10-8-6-4-2/h26,28,33,35,41,43,46-48,51-53H,3-25,27,29-32,34,36-40,42,44-45H2,1-2H3,(H,50,54)/b28-26-,35-33+,43-41+. The van der Waals surface area contributed by atoms with Gasteiger partial charge in [-0.2, -0.15) is 0 Å². The molecule has 0 radical (unpaired) electrons. The zero-order chi connectivity index (χ0) is 39.4. The largest absolute Gasteiger partial charge is 0.394 e. The number of carbonyl (C=O) groups excluding carboxylic acids is 1. The third-order valence-corrected chi connectivity index (χ3v) is 11.0. The highest BCUT2D eigenvalue weighted by atomic mass is 16.3. The number of aliphatic hydroxyl groups is 3. The van der Waals surface area contributed by atoms with Gasteiger partial charge in [-0.15, -0.1) is 0 Å². The summed E-state index contributed by atoms with van der Waals surface area (Å²) in [6.45, 7) is 4.18. The summed E-state index contributed by atoms with van der Waals surface area (Å²) in [5.41, 5.74) is 0. The van der Waals surface area contributed by atoms with Crippen molar-refractivity contribution in [2.45, 2.75) is 263 Å². The lowest BCUT2D eigenvalue weighted by Gasteiger charge is -2.21. The Morgan fingerprint density at radius 2 is 0.759 bits per heavy atom. The van der Waals surface area contributed by atoms with E-state index in [4.69, 9.17) is 0 Å². The maximum absolute atomic E-state index is 12.5. The van der Waals surface area contributed by atoms with Crippen LogP contribution in [0.5, 0.6) is 0 Å². The molecule has 0 bridgehead atoms. The third kappa shape index (κ3) is 38.8. The molecule has 0 rings (SSSR count).